The predicted octanol–water partition coefficient (Wildman–Crippen LogP) is 5.22. The van der Waals surface area contributed by atoms with Crippen LogP contribution in [0.5, 0.6) is 0 Å². The average Bonchev–Trinajstić information content (AvgIpc) is 2.56. The van der Waals surface area contributed by atoms with Crippen LogP contribution in [0.25, 0.3) is 0 Å². The third kappa shape index (κ3) is 28.4. The van der Waals surface area contributed by atoms with E-state index in [1.165, 1.54) is 38.8 Å². The summed E-state index contributed by atoms with van der Waals surface area (Å²) >= 11 is 0.470. The topological polar surface area (TPSA) is 52.9 Å². The third-order valence-electron chi connectivity index (χ3n) is 2.92. The van der Waals surface area contributed by atoms with Crippen LogP contribution in [0.1, 0.15) is 79.6 Å². The summed E-state index contributed by atoms with van der Waals surface area (Å²) in [4.78, 5) is 2.50. The van der Waals surface area contributed by atoms with E-state index in [9.17, 15) is 0 Å². The van der Waals surface area contributed by atoms with Crippen LogP contribution in [0, 0.1) is 0 Å². The highest BCUT2D eigenvalue weighted by molar-refractivity contribution is 7.88. The lowest BCUT2D eigenvalue weighted by atomic mass is 10.2. The van der Waals surface area contributed by atoms with Gasteiger partial charge in [0.2, 0.25) is 0 Å². The molecule has 0 rings (SSSR count). The molecule has 0 saturated carbocycles. The minimum Gasteiger partial charge on any atom is -0.396 e. The normalized spacial score (nSPS) is 9.82. The lowest BCUT2D eigenvalue weighted by Crippen LogP contribution is -2.27. The van der Waals surface area contributed by atoms with Gasteiger partial charge in [0, 0.05) is 13.2 Å². The molecule has 0 spiro atoms. The van der Waals surface area contributed by atoms with E-state index in [1.54, 1.807) is 0 Å². The molecule has 2 N–H and O–H groups in total. The molecule has 0 aromatic rings. The second-order valence-corrected chi connectivity index (χ2v) is 5.26. The van der Waals surface area contributed by atoms with Gasteiger partial charge in [-0.25, -0.2) is 0 Å². The smallest absolute Gasteiger partial charge is 0.155 e. The van der Waals surface area contributed by atoms with Crippen molar-refractivity contribution in [2.75, 3.05) is 32.8 Å². The van der Waals surface area contributed by atoms with Gasteiger partial charge in [0.25, 0.3) is 0 Å². The first-order valence-electron chi connectivity index (χ1n) is 9.02. The fourth-order valence-electron chi connectivity index (χ4n) is 1.64. The van der Waals surface area contributed by atoms with Crippen molar-refractivity contribution in [3.8, 4) is 0 Å². The van der Waals surface area contributed by atoms with E-state index in [1.807, 2.05) is 13.8 Å². The van der Waals surface area contributed by atoms with Gasteiger partial charge < -0.3 is 14.6 Å². The minimum absolute atomic E-state index is 0.344. The zero-order valence-electron chi connectivity index (χ0n) is 15.6. The van der Waals surface area contributed by atoms with Crippen molar-refractivity contribution in [2.45, 2.75) is 79.6 Å². The molecule has 0 aromatic heterocycles. The molecule has 0 aliphatic carbocycles. The summed E-state index contributed by atoms with van der Waals surface area (Å²) in [6.45, 7) is 15.0. The Morgan fingerprint density at radius 1 is 0.818 bits per heavy atom. The first-order valence-corrected chi connectivity index (χ1v) is 9.72. The van der Waals surface area contributed by atoms with Gasteiger partial charge in [0.15, 0.2) is 12.3 Å². The largest absolute Gasteiger partial charge is 0.396 e. The first-order chi connectivity index (χ1) is 10.8. The van der Waals surface area contributed by atoms with Gasteiger partial charge in [-0.1, -0.05) is 53.9 Å². The summed E-state index contributed by atoms with van der Waals surface area (Å²) in [6, 6.07) is 0. The minimum atomic E-state index is 0.344. The second kappa shape index (κ2) is 29.2. The Balaban J connectivity index is -0.000000434. The second-order valence-electron chi connectivity index (χ2n) is 4.88. The molecular weight excluding hydrogens is 298 g/mol. The summed E-state index contributed by atoms with van der Waals surface area (Å²) in [6.07, 6.45) is 8.10. The maximum Gasteiger partial charge on any atom is 0.155 e. The van der Waals surface area contributed by atoms with E-state index < -0.39 is 0 Å². The maximum absolute atomic E-state index is 8.40. The van der Waals surface area contributed by atoms with Crippen LogP contribution in [0.15, 0.2) is 0 Å². The standard InChI is InChI=1S/C11H25NO2S.C4H10O.C2H6/c1-3-5-8-12(9-6-4-2)10-7-11-14-15-13;1-2-3-4-5;1-2/h13H,3-11H2,1-2H3;5H,2-4H2,1H3;1-2H3. The summed E-state index contributed by atoms with van der Waals surface area (Å²) in [7, 11) is 0. The zero-order valence-corrected chi connectivity index (χ0v) is 16.5. The number of unbranched alkanes of at least 4 members (excludes halogenated alkanes) is 3. The highest BCUT2D eigenvalue weighted by Crippen LogP contribution is 2.02. The molecule has 0 unspecified atom stereocenters. The molecule has 0 fully saturated rings. The highest BCUT2D eigenvalue weighted by atomic mass is 32.2. The van der Waals surface area contributed by atoms with Gasteiger partial charge in [0.05, 0.1) is 6.61 Å². The van der Waals surface area contributed by atoms with Crippen LogP contribution in [0.4, 0.5) is 0 Å². The summed E-state index contributed by atoms with van der Waals surface area (Å²) < 4.78 is 13.2. The number of rotatable bonds is 13. The Hall–Kier alpha value is 0.190. The van der Waals surface area contributed by atoms with E-state index in [0.717, 1.165) is 25.8 Å². The fraction of sp³-hybridized carbons (Fsp3) is 1.00. The van der Waals surface area contributed by atoms with Gasteiger partial charge in [-0.3, -0.25) is 4.18 Å². The number of nitrogens with zero attached hydrogens (tertiary/aromatic N) is 1. The summed E-state index contributed by atoms with van der Waals surface area (Å²) in [5.41, 5.74) is 0. The lowest BCUT2D eigenvalue weighted by Gasteiger charge is -2.21. The highest BCUT2D eigenvalue weighted by Gasteiger charge is 2.03. The molecule has 0 saturated heterocycles. The van der Waals surface area contributed by atoms with Crippen LogP contribution in [-0.2, 0) is 4.18 Å². The lowest BCUT2D eigenvalue weighted by molar-refractivity contribution is 0.236. The number of aliphatic hydroxyl groups excluding tert-OH is 1. The van der Waals surface area contributed by atoms with Gasteiger partial charge in [-0.15, -0.1) is 0 Å². The molecule has 0 aromatic carbocycles. The van der Waals surface area contributed by atoms with E-state index in [2.05, 4.69) is 25.7 Å². The van der Waals surface area contributed by atoms with E-state index in [-0.39, 0.29) is 0 Å². The summed E-state index contributed by atoms with van der Waals surface area (Å²) in [5.74, 6) is 0. The van der Waals surface area contributed by atoms with Crippen molar-refractivity contribution >= 4 is 12.3 Å². The quantitative estimate of drug-likeness (QED) is 0.356. The molecule has 4 nitrogen and oxygen atoms in total. The molecule has 0 heterocycles. The van der Waals surface area contributed by atoms with Gasteiger partial charge in [-0.05, 0) is 38.8 Å². The number of hydrogen-bond acceptors (Lipinski definition) is 5. The predicted molar refractivity (Wildman–Crippen MR) is 100 cm³/mol. The number of aliphatic hydroxyl groups is 1. The van der Waals surface area contributed by atoms with E-state index in [4.69, 9.17) is 13.8 Å². The van der Waals surface area contributed by atoms with Crippen LogP contribution >= 0.6 is 12.3 Å². The molecule has 138 valence electrons. The molecule has 0 radical (unpaired) electrons. The molecule has 0 aliphatic rings. The average molecular weight is 340 g/mol. The maximum atomic E-state index is 8.40. The van der Waals surface area contributed by atoms with Crippen LogP contribution in [0.2, 0.25) is 0 Å². The monoisotopic (exact) mass is 339 g/mol. The molecular formula is C17H41NO3S. The fourth-order valence-corrected chi connectivity index (χ4v) is 1.83. The van der Waals surface area contributed by atoms with Gasteiger partial charge in [-0.2, -0.15) is 0 Å². The van der Waals surface area contributed by atoms with E-state index in [0.29, 0.717) is 25.5 Å². The van der Waals surface area contributed by atoms with Crippen molar-refractivity contribution in [3.05, 3.63) is 0 Å². The first kappa shape index (κ1) is 27.1. The Labute approximate surface area is 144 Å². The zero-order chi connectivity index (χ0) is 17.5. The van der Waals surface area contributed by atoms with Gasteiger partial charge in [0.1, 0.15) is 0 Å². The van der Waals surface area contributed by atoms with E-state index >= 15 is 0 Å². The molecule has 0 amide bonds. The Morgan fingerprint density at radius 2 is 1.27 bits per heavy atom. The molecule has 22 heavy (non-hydrogen) atoms. The SMILES string of the molecule is CC.CCCCN(CCCC)CCCOSO.CCCCO. The number of hydrogen-bond donors (Lipinski definition) is 2. The third-order valence-corrected chi connectivity index (χ3v) is 3.19. The van der Waals surface area contributed by atoms with Crippen LogP contribution in [0.3, 0.4) is 0 Å². The van der Waals surface area contributed by atoms with Crippen LogP contribution < -0.4 is 0 Å². The Morgan fingerprint density at radius 3 is 1.59 bits per heavy atom. The van der Waals surface area contributed by atoms with Gasteiger partial charge >= 0.3 is 0 Å². The molecule has 0 bridgehead atoms. The molecule has 0 aliphatic heterocycles. The Bertz CT molecular complexity index is 153. The van der Waals surface area contributed by atoms with Crippen molar-refractivity contribution in [3.63, 3.8) is 0 Å². The van der Waals surface area contributed by atoms with Crippen LogP contribution in [-0.4, -0.2) is 47.4 Å². The van der Waals surface area contributed by atoms with Crippen molar-refractivity contribution in [2.24, 2.45) is 0 Å². The van der Waals surface area contributed by atoms with Crippen molar-refractivity contribution < 1.29 is 13.8 Å². The van der Waals surface area contributed by atoms with Crippen molar-refractivity contribution in [1.29, 1.82) is 0 Å². The Kier molecular flexibility index (Phi) is 35.9. The molecule has 5 heteroatoms. The molecule has 0 atom stereocenters. The summed E-state index contributed by atoms with van der Waals surface area (Å²) in [5, 5.41) is 8.07. The van der Waals surface area contributed by atoms with Crippen molar-refractivity contribution in [1.82, 2.24) is 4.90 Å².